The maximum atomic E-state index is 12.0. The lowest BCUT2D eigenvalue weighted by molar-refractivity contribution is -0.808. The lowest BCUT2D eigenvalue weighted by Gasteiger charge is -2.38. The van der Waals surface area contributed by atoms with Crippen LogP contribution in [0.25, 0.3) is 0 Å². The van der Waals surface area contributed by atoms with E-state index in [1.807, 2.05) is 0 Å². The van der Waals surface area contributed by atoms with Gasteiger partial charge in [-0.05, 0) is 17.5 Å². The van der Waals surface area contributed by atoms with Crippen molar-refractivity contribution in [1.82, 2.24) is 0 Å². The molecule has 2 aromatic carbocycles. The molecule has 0 aliphatic rings. The molecule has 0 aromatic heterocycles. The maximum Gasteiger partial charge on any atom is 0.471 e. The zero-order chi connectivity index (χ0) is 17.8. The predicted molar refractivity (Wildman–Crippen MR) is 91.0 cm³/mol. The van der Waals surface area contributed by atoms with Gasteiger partial charge in [0.1, 0.15) is 0 Å². The van der Waals surface area contributed by atoms with Gasteiger partial charge in [-0.1, -0.05) is 74.5 Å². The predicted octanol–water partition coefficient (Wildman–Crippen LogP) is 4.04. The molecule has 0 unspecified atom stereocenters. The molecular weight excluding hydrogens is 308 g/mol. The first-order chi connectivity index (χ1) is 11.5. The fourth-order valence-corrected chi connectivity index (χ4v) is 3.70. The van der Waals surface area contributed by atoms with Crippen LogP contribution in [0.15, 0.2) is 60.7 Å². The Labute approximate surface area is 140 Å². The fraction of sp³-hybridized carbons (Fsp3) is 0.333. The normalized spacial score (nSPS) is 11.9. The fourth-order valence-electron chi connectivity index (χ4n) is 3.70. The van der Waals surface area contributed by atoms with Gasteiger partial charge < -0.3 is 0 Å². The van der Waals surface area contributed by atoms with Crippen molar-refractivity contribution in [3.8, 4) is 0 Å². The van der Waals surface area contributed by atoms with Gasteiger partial charge in [0.2, 0.25) is 0 Å². The summed E-state index contributed by atoms with van der Waals surface area (Å²) >= 11 is 0. The second-order valence-electron chi connectivity index (χ2n) is 5.68. The van der Waals surface area contributed by atoms with Crippen LogP contribution in [0.1, 0.15) is 37.8 Å². The van der Waals surface area contributed by atoms with E-state index < -0.39 is 20.9 Å². The van der Waals surface area contributed by atoms with Crippen molar-refractivity contribution in [2.75, 3.05) is 0 Å². The number of nitro groups is 2. The first kappa shape index (κ1) is 17.6. The summed E-state index contributed by atoms with van der Waals surface area (Å²) in [4.78, 5) is 22.6. The van der Waals surface area contributed by atoms with E-state index in [0.29, 0.717) is 11.1 Å². The summed E-state index contributed by atoms with van der Waals surface area (Å²) in [6, 6.07) is 17.5. The first-order valence-electron chi connectivity index (χ1n) is 7.87. The van der Waals surface area contributed by atoms with Gasteiger partial charge in [0.15, 0.2) is 5.41 Å². The number of hydrogen-bond acceptors (Lipinski definition) is 4. The van der Waals surface area contributed by atoms with Crippen LogP contribution in [-0.2, 0) is 5.41 Å². The molecule has 0 atom stereocenters. The minimum absolute atomic E-state index is 0.218. The summed E-state index contributed by atoms with van der Waals surface area (Å²) in [5.41, 5.74) is -2.55. The van der Waals surface area contributed by atoms with Crippen molar-refractivity contribution in [3.05, 3.63) is 92.0 Å². The van der Waals surface area contributed by atoms with Gasteiger partial charge in [-0.2, -0.15) is 0 Å². The minimum atomic E-state index is -2.34. The van der Waals surface area contributed by atoms with Crippen molar-refractivity contribution in [3.63, 3.8) is 0 Å². The molecule has 2 rings (SSSR count). The van der Waals surface area contributed by atoms with Gasteiger partial charge in [0.05, 0.1) is 16.3 Å². The molecule has 24 heavy (non-hydrogen) atoms. The molecule has 6 nitrogen and oxygen atoms in total. The highest BCUT2D eigenvalue weighted by molar-refractivity contribution is 5.42. The van der Waals surface area contributed by atoms with Crippen molar-refractivity contribution in [2.45, 2.75) is 37.8 Å². The van der Waals surface area contributed by atoms with Crippen LogP contribution < -0.4 is 0 Å². The highest BCUT2D eigenvalue weighted by Gasteiger charge is 2.71. The quantitative estimate of drug-likeness (QED) is 0.436. The Morgan fingerprint density at radius 2 is 1.12 bits per heavy atom. The Balaban J connectivity index is 2.95. The lowest BCUT2D eigenvalue weighted by Crippen LogP contribution is -2.62. The molecule has 0 N–H and O–H groups in total. The summed E-state index contributed by atoms with van der Waals surface area (Å²) in [7, 11) is 0. The van der Waals surface area contributed by atoms with Gasteiger partial charge >= 0.3 is 5.66 Å². The number of benzene rings is 2. The highest BCUT2D eigenvalue weighted by Crippen LogP contribution is 2.48. The SMILES string of the molecule is CCC(c1ccccc1)(c1ccccc1)C(CC)([N+](=O)[O-])[N+](=O)[O-]. The minimum Gasteiger partial charge on any atom is -0.258 e. The van der Waals surface area contributed by atoms with Crippen LogP contribution in [0, 0.1) is 20.2 Å². The monoisotopic (exact) mass is 328 g/mol. The van der Waals surface area contributed by atoms with Gasteiger partial charge in [0.25, 0.3) is 0 Å². The van der Waals surface area contributed by atoms with E-state index in [2.05, 4.69) is 0 Å². The van der Waals surface area contributed by atoms with Gasteiger partial charge in [-0.25, -0.2) is 0 Å². The molecule has 0 amide bonds. The molecular formula is C18H20N2O4. The van der Waals surface area contributed by atoms with E-state index in [1.165, 1.54) is 6.92 Å². The van der Waals surface area contributed by atoms with E-state index in [0.717, 1.165) is 0 Å². The maximum absolute atomic E-state index is 12.0. The molecule has 0 heterocycles. The average molecular weight is 328 g/mol. The average Bonchev–Trinajstić information content (AvgIpc) is 2.60. The Bertz CT molecular complexity index is 663. The molecule has 0 spiro atoms. The van der Waals surface area contributed by atoms with Crippen LogP contribution in [0.2, 0.25) is 0 Å². The summed E-state index contributed by atoms with van der Waals surface area (Å²) < 4.78 is 0. The number of nitrogens with zero attached hydrogens (tertiary/aromatic N) is 2. The third-order valence-corrected chi connectivity index (χ3v) is 4.84. The topological polar surface area (TPSA) is 86.3 Å². The van der Waals surface area contributed by atoms with E-state index in [-0.39, 0.29) is 12.8 Å². The summed E-state index contributed by atoms with van der Waals surface area (Å²) in [5.74, 6) is 0. The third kappa shape index (κ3) is 2.35. The molecule has 0 bridgehead atoms. The molecule has 2 aromatic rings. The molecule has 0 fully saturated rings. The van der Waals surface area contributed by atoms with Crippen LogP contribution in [0.4, 0.5) is 0 Å². The zero-order valence-corrected chi connectivity index (χ0v) is 13.7. The number of hydrogen-bond donors (Lipinski definition) is 0. The Morgan fingerprint density at radius 3 is 1.38 bits per heavy atom. The standard InChI is InChI=1S/C18H20N2O4/c1-3-17(15-11-7-5-8-12-15,16-13-9-6-10-14-16)18(4-2,19(21)22)20(23)24/h5-14H,3-4H2,1-2H3. The lowest BCUT2D eigenvalue weighted by atomic mass is 9.63. The molecule has 0 saturated carbocycles. The Morgan fingerprint density at radius 1 is 0.750 bits per heavy atom. The molecule has 0 radical (unpaired) electrons. The summed E-state index contributed by atoms with van der Waals surface area (Å²) in [5, 5.41) is 24.0. The Kier molecular flexibility index (Phi) is 4.97. The van der Waals surface area contributed by atoms with Crippen molar-refractivity contribution in [1.29, 1.82) is 0 Å². The van der Waals surface area contributed by atoms with Crippen LogP contribution in [0.3, 0.4) is 0 Å². The van der Waals surface area contributed by atoms with Gasteiger partial charge in [-0.15, -0.1) is 0 Å². The van der Waals surface area contributed by atoms with E-state index in [1.54, 1.807) is 67.6 Å². The van der Waals surface area contributed by atoms with Crippen LogP contribution in [0.5, 0.6) is 0 Å². The first-order valence-corrected chi connectivity index (χ1v) is 7.87. The van der Waals surface area contributed by atoms with Crippen molar-refractivity contribution >= 4 is 0 Å². The molecule has 0 saturated heterocycles. The summed E-state index contributed by atoms with van der Waals surface area (Å²) in [6.07, 6.45) is 0.0153. The van der Waals surface area contributed by atoms with E-state index >= 15 is 0 Å². The zero-order valence-electron chi connectivity index (χ0n) is 13.7. The third-order valence-electron chi connectivity index (χ3n) is 4.84. The van der Waals surface area contributed by atoms with Gasteiger partial charge in [0, 0.05) is 0 Å². The van der Waals surface area contributed by atoms with E-state index in [9.17, 15) is 20.2 Å². The number of rotatable bonds is 7. The Hall–Kier alpha value is -2.76. The van der Waals surface area contributed by atoms with Crippen molar-refractivity contribution in [2.24, 2.45) is 0 Å². The largest absolute Gasteiger partial charge is 0.471 e. The summed E-state index contributed by atoms with van der Waals surface area (Å²) in [6.45, 7) is 3.26. The van der Waals surface area contributed by atoms with E-state index in [4.69, 9.17) is 0 Å². The second-order valence-corrected chi connectivity index (χ2v) is 5.68. The molecule has 6 heteroatoms. The molecule has 126 valence electrons. The smallest absolute Gasteiger partial charge is 0.258 e. The second kappa shape index (κ2) is 6.78. The molecule has 0 aliphatic carbocycles. The van der Waals surface area contributed by atoms with Crippen LogP contribution in [-0.4, -0.2) is 15.5 Å². The van der Waals surface area contributed by atoms with Crippen LogP contribution >= 0.6 is 0 Å². The highest BCUT2D eigenvalue weighted by atomic mass is 16.7. The molecule has 0 aliphatic heterocycles. The van der Waals surface area contributed by atoms with Crippen molar-refractivity contribution < 1.29 is 9.85 Å². The van der Waals surface area contributed by atoms with Gasteiger partial charge in [-0.3, -0.25) is 20.2 Å².